The van der Waals surface area contributed by atoms with Gasteiger partial charge in [-0.3, -0.25) is 9.59 Å². The minimum Gasteiger partial charge on any atom is -0.461 e. The molecule has 0 spiro atoms. The van der Waals surface area contributed by atoms with Gasteiger partial charge in [-0.15, -0.1) is 0 Å². The lowest BCUT2D eigenvalue weighted by atomic mass is 10.0. The van der Waals surface area contributed by atoms with Crippen molar-refractivity contribution >= 4 is 11.9 Å². The molecule has 5 nitrogen and oxygen atoms in total. The van der Waals surface area contributed by atoms with E-state index in [2.05, 4.69) is 6.92 Å². The van der Waals surface area contributed by atoms with Crippen molar-refractivity contribution < 1.29 is 24.2 Å². The molecule has 0 aromatic heterocycles. The minimum absolute atomic E-state index is 0.0356. The zero-order valence-electron chi connectivity index (χ0n) is 15.9. The van der Waals surface area contributed by atoms with Crippen LogP contribution < -0.4 is 0 Å². The average molecular weight is 357 g/mol. The highest BCUT2D eigenvalue weighted by Gasteiger charge is 2.41. The fourth-order valence-electron chi connectivity index (χ4n) is 3.15. The molecule has 25 heavy (non-hydrogen) atoms. The highest BCUT2D eigenvalue weighted by atomic mass is 16.6. The molecule has 1 saturated heterocycles. The summed E-state index contributed by atoms with van der Waals surface area (Å²) in [6.07, 6.45) is 14.7. The number of aliphatic hydroxyl groups is 1. The second-order valence-electron chi connectivity index (χ2n) is 7.26. The van der Waals surface area contributed by atoms with Crippen molar-refractivity contribution in [1.29, 1.82) is 0 Å². The van der Waals surface area contributed by atoms with Crippen molar-refractivity contribution in [3.63, 3.8) is 0 Å². The molecule has 1 atom stereocenters. The molecule has 0 bridgehead atoms. The van der Waals surface area contributed by atoms with Crippen LogP contribution in [-0.2, 0) is 19.1 Å². The van der Waals surface area contributed by atoms with Crippen LogP contribution in [0.25, 0.3) is 0 Å². The smallest absolute Gasteiger partial charge is 0.306 e. The van der Waals surface area contributed by atoms with Crippen LogP contribution in [-0.4, -0.2) is 35.9 Å². The van der Waals surface area contributed by atoms with Crippen molar-refractivity contribution in [3.8, 4) is 0 Å². The van der Waals surface area contributed by atoms with Crippen LogP contribution in [0.3, 0.4) is 0 Å². The van der Waals surface area contributed by atoms with E-state index in [0.717, 1.165) is 12.8 Å². The Kier molecular flexibility index (Phi) is 11.5. The summed E-state index contributed by atoms with van der Waals surface area (Å²) in [4.78, 5) is 22.9. The Bertz CT molecular complexity index is 382. The molecule has 0 aromatic carbocycles. The lowest BCUT2D eigenvalue weighted by Crippen LogP contribution is -2.39. The summed E-state index contributed by atoms with van der Waals surface area (Å²) in [6.45, 7) is 1.90. The zero-order valence-corrected chi connectivity index (χ0v) is 15.9. The monoisotopic (exact) mass is 356 g/mol. The number of aliphatic hydroxyl groups excluding tert-OH is 1. The topological polar surface area (TPSA) is 72.8 Å². The number of ether oxygens (including phenoxy) is 2. The van der Waals surface area contributed by atoms with Gasteiger partial charge in [0.1, 0.15) is 6.61 Å². The first-order valence-corrected chi connectivity index (χ1v) is 10.1. The number of esters is 2. The Balaban J connectivity index is 1.93. The molecule has 1 heterocycles. The summed E-state index contributed by atoms with van der Waals surface area (Å²) in [6, 6.07) is 0. The Hall–Kier alpha value is -1.10. The highest BCUT2D eigenvalue weighted by Crippen LogP contribution is 2.26. The molecule has 1 rings (SSSR count). The maximum absolute atomic E-state index is 11.8. The van der Waals surface area contributed by atoms with Gasteiger partial charge in [0, 0.05) is 19.3 Å². The first-order chi connectivity index (χ1) is 12.1. The van der Waals surface area contributed by atoms with Gasteiger partial charge in [0.05, 0.1) is 6.61 Å². The second-order valence-corrected chi connectivity index (χ2v) is 7.26. The van der Waals surface area contributed by atoms with E-state index in [9.17, 15) is 14.7 Å². The number of rotatable bonds is 15. The van der Waals surface area contributed by atoms with Gasteiger partial charge >= 0.3 is 11.9 Å². The van der Waals surface area contributed by atoms with Crippen LogP contribution in [0.1, 0.15) is 96.8 Å². The molecule has 1 aliphatic rings. The average Bonchev–Trinajstić information content (AvgIpc) is 2.99. The van der Waals surface area contributed by atoms with Crippen molar-refractivity contribution in [2.45, 2.75) is 102 Å². The van der Waals surface area contributed by atoms with Crippen LogP contribution in [0.4, 0.5) is 0 Å². The lowest BCUT2D eigenvalue weighted by Gasteiger charge is -2.24. The quantitative estimate of drug-likeness (QED) is 0.350. The van der Waals surface area contributed by atoms with Gasteiger partial charge in [-0.05, 0) is 6.42 Å². The predicted octanol–water partition coefficient (Wildman–Crippen LogP) is 4.30. The van der Waals surface area contributed by atoms with E-state index in [-0.39, 0.29) is 31.6 Å². The van der Waals surface area contributed by atoms with Crippen molar-refractivity contribution in [2.24, 2.45) is 0 Å². The summed E-state index contributed by atoms with van der Waals surface area (Å²) in [5.74, 6) is -0.609. The molecule has 1 N–H and O–H groups in total. The second kappa shape index (κ2) is 13.2. The Morgan fingerprint density at radius 3 is 2.08 bits per heavy atom. The van der Waals surface area contributed by atoms with E-state index < -0.39 is 5.60 Å². The first-order valence-electron chi connectivity index (χ1n) is 10.1. The van der Waals surface area contributed by atoms with Crippen molar-refractivity contribution in [1.82, 2.24) is 0 Å². The summed E-state index contributed by atoms with van der Waals surface area (Å²) in [5.41, 5.74) is -1.01. The van der Waals surface area contributed by atoms with E-state index in [1.54, 1.807) is 0 Å². The van der Waals surface area contributed by atoms with Gasteiger partial charge in [0.2, 0.25) is 0 Å². The summed E-state index contributed by atoms with van der Waals surface area (Å²) in [7, 11) is 0. The van der Waals surface area contributed by atoms with Gasteiger partial charge in [0.15, 0.2) is 5.60 Å². The lowest BCUT2D eigenvalue weighted by molar-refractivity contribution is -0.166. The van der Waals surface area contributed by atoms with E-state index in [0.29, 0.717) is 12.8 Å². The maximum atomic E-state index is 11.8. The third kappa shape index (κ3) is 9.83. The van der Waals surface area contributed by atoms with Gasteiger partial charge in [-0.1, -0.05) is 71.1 Å². The maximum Gasteiger partial charge on any atom is 0.306 e. The molecule has 0 amide bonds. The largest absolute Gasteiger partial charge is 0.461 e. The molecule has 0 saturated carbocycles. The molecule has 0 aromatic rings. The third-order valence-electron chi connectivity index (χ3n) is 4.88. The highest BCUT2D eigenvalue weighted by molar-refractivity contribution is 5.72. The molecule has 0 radical (unpaired) electrons. The predicted molar refractivity (Wildman–Crippen MR) is 97.2 cm³/mol. The van der Waals surface area contributed by atoms with E-state index in [1.165, 1.54) is 57.8 Å². The number of carbonyl (C=O) groups is 2. The Labute approximate surface area is 152 Å². The number of carbonyl (C=O) groups excluding carboxylic acids is 2. The molecule has 146 valence electrons. The minimum atomic E-state index is -1.01. The fraction of sp³-hybridized carbons (Fsp3) is 0.900. The Morgan fingerprint density at radius 2 is 1.60 bits per heavy atom. The van der Waals surface area contributed by atoms with Crippen LogP contribution in [0, 0.1) is 0 Å². The molecule has 1 fully saturated rings. The van der Waals surface area contributed by atoms with Gasteiger partial charge in [-0.2, -0.15) is 0 Å². The van der Waals surface area contributed by atoms with Gasteiger partial charge in [-0.25, -0.2) is 0 Å². The summed E-state index contributed by atoms with van der Waals surface area (Å²) < 4.78 is 10.3. The number of hydrogen-bond acceptors (Lipinski definition) is 5. The van der Waals surface area contributed by atoms with Crippen molar-refractivity contribution in [3.05, 3.63) is 0 Å². The SMILES string of the molecule is CCCCCCCCCCCCCC(=O)OC[C@@]1(CO)CCC(=O)O1. The molecule has 5 heteroatoms. The number of unbranched alkanes of at least 4 members (excludes halogenated alkanes) is 10. The molecule has 0 unspecified atom stereocenters. The standard InChI is InChI=1S/C20H36O5/c1-2-3-4-5-6-7-8-9-10-11-12-13-18(22)24-17-20(16-21)15-14-19(23)25-20/h21H,2-17H2,1H3/t20-/m0/s1. The van der Waals surface area contributed by atoms with E-state index >= 15 is 0 Å². The van der Waals surface area contributed by atoms with Crippen molar-refractivity contribution in [2.75, 3.05) is 13.2 Å². The van der Waals surface area contributed by atoms with Gasteiger partial charge < -0.3 is 14.6 Å². The summed E-state index contributed by atoms with van der Waals surface area (Å²) >= 11 is 0. The number of cyclic esters (lactones) is 1. The summed E-state index contributed by atoms with van der Waals surface area (Å²) in [5, 5.41) is 9.36. The molecule has 0 aliphatic carbocycles. The van der Waals surface area contributed by atoms with Crippen LogP contribution in [0.2, 0.25) is 0 Å². The third-order valence-corrected chi connectivity index (χ3v) is 4.88. The first kappa shape index (κ1) is 21.9. The van der Waals surface area contributed by atoms with E-state index in [1.807, 2.05) is 0 Å². The fourth-order valence-corrected chi connectivity index (χ4v) is 3.15. The normalized spacial score (nSPS) is 19.8. The number of hydrogen-bond donors (Lipinski definition) is 1. The van der Waals surface area contributed by atoms with Crippen LogP contribution in [0.5, 0.6) is 0 Å². The van der Waals surface area contributed by atoms with Crippen LogP contribution >= 0.6 is 0 Å². The van der Waals surface area contributed by atoms with Gasteiger partial charge in [0.25, 0.3) is 0 Å². The van der Waals surface area contributed by atoms with Crippen LogP contribution in [0.15, 0.2) is 0 Å². The zero-order chi connectivity index (χ0) is 18.4. The van der Waals surface area contributed by atoms with E-state index in [4.69, 9.17) is 9.47 Å². The molecule has 1 aliphatic heterocycles. The Morgan fingerprint density at radius 1 is 1.04 bits per heavy atom. The molecular formula is C20H36O5. The molecular weight excluding hydrogens is 320 g/mol.